The third kappa shape index (κ3) is 2.61. The zero-order valence-electron chi connectivity index (χ0n) is 10.2. The van der Waals surface area contributed by atoms with Crippen molar-refractivity contribution in [3.05, 3.63) is 10.6 Å². The van der Waals surface area contributed by atoms with Crippen LogP contribution in [0.2, 0.25) is 0 Å². The number of anilines is 1. The molecule has 1 aliphatic rings. The summed E-state index contributed by atoms with van der Waals surface area (Å²) in [6.07, 6.45) is 3.08. The Kier molecular flexibility index (Phi) is 3.25. The number of hydrogen-bond acceptors (Lipinski definition) is 4. The standard InChI is InChI=1S/C11H15N3O3S/c1-11(2,8(15)16)14-9(17)13-10-12-6-4-3-5-7(6)18-10/h3-5H2,1-2H3,(H,15,16)(H2,12,13,14,17). The highest BCUT2D eigenvalue weighted by molar-refractivity contribution is 7.15. The Labute approximate surface area is 108 Å². The summed E-state index contributed by atoms with van der Waals surface area (Å²) in [5.41, 5.74) is -0.253. The van der Waals surface area contributed by atoms with Crippen LogP contribution in [0.1, 0.15) is 30.8 Å². The quantitative estimate of drug-likeness (QED) is 0.777. The third-order valence-corrected chi connectivity index (χ3v) is 3.85. The van der Waals surface area contributed by atoms with Crippen molar-refractivity contribution in [1.29, 1.82) is 0 Å². The monoisotopic (exact) mass is 269 g/mol. The van der Waals surface area contributed by atoms with E-state index in [0.717, 1.165) is 25.0 Å². The molecule has 7 heteroatoms. The minimum absolute atomic E-state index is 0.526. The van der Waals surface area contributed by atoms with Crippen molar-refractivity contribution in [2.75, 3.05) is 5.32 Å². The zero-order chi connectivity index (χ0) is 13.3. The van der Waals surface area contributed by atoms with E-state index in [-0.39, 0.29) is 0 Å². The Morgan fingerprint density at radius 3 is 2.72 bits per heavy atom. The molecule has 0 unspecified atom stereocenters. The molecule has 0 bridgehead atoms. The Bertz CT molecular complexity index is 474. The highest BCUT2D eigenvalue weighted by Gasteiger charge is 2.29. The number of amides is 2. The van der Waals surface area contributed by atoms with Gasteiger partial charge in [0, 0.05) is 4.88 Å². The molecule has 3 N–H and O–H groups in total. The molecule has 98 valence electrons. The molecule has 6 nitrogen and oxygen atoms in total. The van der Waals surface area contributed by atoms with Crippen molar-refractivity contribution < 1.29 is 14.7 Å². The van der Waals surface area contributed by atoms with Crippen LogP contribution in [-0.4, -0.2) is 27.6 Å². The van der Waals surface area contributed by atoms with Gasteiger partial charge in [0.05, 0.1) is 5.69 Å². The predicted molar refractivity (Wildman–Crippen MR) is 68.0 cm³/mol. The van der Waals surface area contributed by atoms with Crippen LogP contribution in [0.5, 0.6) is 0 Å². The number of hydrogen-bond donors (Lipinski definition) is 3. The van der Waals surface area contributed by atoms with Crippen LogP contribution in [0.15, 0.2) is 0 Å². The van der Waals surface area contributed by atoms with E-state index in [1.807, 2.05) is 0 Å². The maximum atomic E-state index is 11.6. The molecule has 1 aromatic rings. The van der Waals surface area contributed by atoms with E-state index in [0.29, 0.717) is 5.13 Å². The van der Waals surface area contributed by atoms with Crippen molar-refractivity contribution in [3.63, 3.8) is 0 Å². The number of carbonyl (C=O) groups is 2. The maximum Gasteiger partial charge on any atom is 0.328 e. The Morgan fingerprint density at radius 2 is 2.11 bits per heavy atom. The van der Waals surface area contributed by atoms with E-state index in [4.69, 9.17) is 5.11 Å². The maximum absolute atomic E-state index is 11.6. The highest BCUT2D eigenvalue weighted by atomic mass is 32.1. The Hall–Kier alpha value is -1.63. The van der Waals surface area contributed by atoms with E-state index in [1.54, 1.807) is 0 Å². The first-order chi connectivity index (χ1) is 8.38. The fourth-order valence-corrected chi connectivity index (χ4v) is 2.75. The number of aryl methyl sites for hydroxylation is 2. The summed E-state index contributed by atoms with van der Waals surface area (Å²) in [5, 5.41) is 14.4. The molecule has 18 heavy (non-hydrogen) atoms. The molecule has 2 amide bonds. The molecule has 0 fully saturated rings. The van der Waals surface area contributed by atoms with Crippen LogP contribution in [-0.2, 0) is 17.6 Å². The molecule has 1 heterocycles. The first-order valence-electron chi connectivity index (χ1n) is 5.69. The number of rotatable bonds is 3. The molecule has 1 aliphatic carbocycles. The lowest BCUT2D eigenvalue weighted by Gasteiger charge is -2.20. The van der Waals surface area contributed by atoms with Gasteiger partial charge in [-0.05, 0) is 33.1 Å². The number of urea groups is 1. The lowest BCUT2D eigenvalue weighted by molar-refractivity contribution is -0.142. The van der Waals surface area contributed by atoms with Crippen LogP contribution in [0.4, 0.5) is 9.93 Å². The van der Waals surface area contributed by atoms with Gasteiger partial charge in [-0.15, -0.1) is 11.3 Å². The van der Waals surface area contributed by atoms with Gasteiger partial charge in [-0.25, -0.2) is 14.6 Å². The van der Waals surface area contributed by atoms with Crippen LogP contribution in [0.25, 0.3) is 0 Å². The van der Waals surface area contributed by atoms with E-state index < -0.39 is 17.5 Å². The second-order valence-electron chi connectivity index (χ2n) is 4.75. The number of nitrogens with zero attached hydrogens (tertiary/aromatic N) is 1. The van der Waals surface area contributed by atoms with Gasteiger partial charge in [0.1, 0.15) is 5.54 Å². The second kappa shape index (κ2) is 4.56. The number of carboxylic acid groups (broad SMARTS) is 1. The number of carboxylic acids is 1. The lowest BCUT2D eigenvalue weighted by atomic mass is 10.1. The van der Waals surface area contributed by atoms with Crippen LogP contribution < -0.4 is 10.6 Å². The fourth-order valence-electron chi connectivity index (χ4n) is 1.71. The minimum atomic E-state index is -1.30. The molecule has 0 saturated heterocycles. The van der Waals surface area contributed by atoms with Gasteiger partial charge < -0.3 is 10.4 Å². The van der Waals surface area contributed by atoms with E-state index >= 15 is 0 Å². The number of nitrogens with one attached hydrogen (secondary N) is 2. The van der Waals surface area contributed by atoms with Crippen LogP contribution in [0, 0.1) is 0 Å². The second-order valence-corrected chi connectivity index (χ2v) is 5.84. The predicted octanol–water partition coefficient (Wildman–Crippen LogP) is 1.62. The summed E-state index contributed by atoms with van der Waals surface area (Å²) in [5.74, 6) is -1.08. The molecular formula is C11H15N3O3S. The first kappa shape index (κ1) is 12.8. The Morgan fingerprint density at radius 1 is 1.39 bits per heavy atom. The summed E-state index contributed by atoms with van der Waals surface area (Å²) >= 11 is 1.45. The number of aliphatic carboxylic acids is 1. The molecule has 0 spiro atoms. The van der Waals surface area contributed by atoms with Gasteiger partial charge >= 0.3 is 12.0 Å². The van der Waals surface area contributed by atoms with Crippen LogP contribution in [0.3, 0.4) is 0 Å². The van der Waals surface area contributed by atoms with Gasteiger partial charge in [-0.3, -0.25) is 5.32 Å². The summed E-state index contributed by atoms with van der Waals surface area (Å²) in [6.45, 7) is 2.85. The molecule has 0 aliphatic heterocycles. The molecule has 2 rings (SSSR count). The van der Waals surface area contributed by atoms with Crippen molar-refractivity contribution in [2.24, 2.45) is 0 Å². The van der Waals surface area contributed by atoms with Crippen LogP contribution >= 0.6 is 11.3 Å². The lowest BCUT2D eigenvalue weighted by Crippen LogP contribution is -2.51. The molecule has 1 aromatic heterocycles. The molecule has 0 radical (unpaired) electrons. The van der Waals surface area contributed by atoms with Gasteiger partial charge in [0.15, 0.2) is 5.13 Å². The normalized spacial score (nSPS) is 14.1. The summed E-state index contributed by atoms with van der Waals surface area (Å²) in [4.78, 5) is 28.0. The summed E-state index contributed by atoms with van der Waals surface area (Å²) in [7, 11) is 0. The molecule has 0 atom stereocenters. The molecular weight excluding hydrogens is 254 g/mol. The zero-order valence-corrected chi connectivity index (χ0v) is 11.1. The number of thiazole rings is 1. The third-order valence-electron chi connectivity index (χ3n) is 2.78. The smallest absolute Gasteiger partial charge is 0.328 e. The molecule has 0 aromatic carbocycles. The van der Waals surface area contributed by atoms with Crippen molar-refractivity contribution in [2.45, 2.75) is 38.6 Å². The first-order valence-corrected chi connectivity index (χ1v) is 6.51. The average molecular weight is 269 g/mol. The SMILES string of the molecule is CC(C)(NC(=O)Nc1nc2c(s1)CCC2)C(=O)O. The summed E-state index contributed by atoms with van der Waals surface area (Å²) < 4.78 is 0. The largest absolute Gasteiger partial charge is 0.480 e. The molecule has 0 saturated carbocycles. The average Bonchev–Trinajstić information content (AvgIpc) is 2.75. The Balaban J connectivity index is 1.97. The highest BCUT2D eigenvalue weighted by Crippen LogP contribution is 2.30. The van der Waals surface area contributed by atoms with Crippen molar-refractivity contribution in [1.82, 2.24) is 10.3 Å². The summed E-state index contributed by atoms with van der Waals surface area (Å²) in [6, 6.07) is -0.546. The van der Waals surface area contributed by atoms with E-state index in [2.05, 4.69) is 15.6 Å². The fraction of sp³-hybridized carbons (Fsp3) is 0.545. The van der Waals surface area contributed by atoms with E-state index in [9.17, 15) is 9.59 Å². The van der Waals surface area contributed by atoms with E-state index in [1.165, 1.54) is 30.1 Å². The minimum Gasteiger partial charge on any atom is -0.480 e. The van der Waals surface area contributed by atoms with Gasteiger partial charge in [0.25, 0.3) is 0 Å². The number of aromatic nitrogens is 1. The topological polar surface area (TPSA) is 91.3 Å². The number of carbonyl (C=O) groups excluding carboxylic acids is 1. The van der Waals surface area contributed by atoms with Crippen molar-refractivity contribution >= 4 is 28.5 Å². The van der Waals surface area contributed by atoms with Gasteiger partial charge in [-0.1, -0.05) is 0 Å². The number of fused-ring (bicyclic) bond motifs is 1. The van der Waals surface area contributed by atoms with Gasteiger partial charge in [-0.2, -0.15) is 0 Å². The van der Waals surface area contributed by atoms with Gasteiger partial charge in [0.2, 0.25) is 0 Å². The van der Waals surface area contributed by atoms with Crippen molar-refractivity contribution in [3.8, 4) is 0 Å².